The maximum Gasteiger partial charge on any atom is 0.408 e. The maximum atomic E-state index is 12.7. The van der Waals surface area contributed by atoms with Crippen molar-refractivity contribution in [2.75, 3.05) is 0 Å². The van der Waals surface area contributed by atoms with Crippen molar-refractivity contribution in [2.24, 2.45) is 5.92 Å². The molecule has 10 nitrogen and oxygen atoms in total. The highest BCUT2D eigenvalue weighted by molar-refractivity contribution is 6.16. The number of hydrogen-bond acceptors (Lipinski definition) is 9. The third-order valence-electron chi connectivity index (χ3n) is 4.09. The van der Waals surface area contributed by atoms with Crippen LogP contribution in [0.4, 0.5) is 4.79 Å². The first-order valence-corrected chi connectivity index (χ1v) is 9.96. The summed E-state index contributed by atoms with van der Waals surface area (Å²) < 4.78 is 20.2. The smallest absolute Gasteiger partial charge is 0.408 e. The molecule has 0 spiro atoms. The van der Waals surface area contributed by atoms with Gasteiger partial charge in [0.25, 0.3) is 5.79 Å². The Balaban J connectivity index is 2.13. The second-order valence-corrected chi connectivity index (χ2v) is 8.64. The number of carbonyl (C=O) groups is 5. The van der Waals surface area contributed by atoms with Gasteiger partial charge in [-0.15, -0.1) is 0 Å². The van der Waals surface area contributed by atoms with E-state index in [0.29, 0.717) is 5.56 Å². The molecular weight excluding hydrogens is 422 g/mol. The van der Waals surface area contributed by atoms with Crippen LogP contribution in [0.1, 0.15) is 46.6 Å². The predicted octanol–water partition coefficient (Wildman–Crippen LogP) is 2.03. The number of alkyl carbamates (subject to hydrolysis) is 1. The van der Waals surface area contributed by atoms with Gasteiger partial charge in [0.15, 0.2) is 5.78 Å². The zero-order valence-electron chi connectivity index (χ0n) is 18.6. The van der Waals surface area contributed by atoms with Crippen molar-refractivity contribution in [3.63, 3.8) is 0 Å². The molecule has 10 heteroatoms. The fourth-order valence-corrected chi connectivity index (χ4v) is 2.77. The van der Waals surface area contributed by atoms with E-state index in [4.69, 9.17) is 18.9 Å². The lowest BCUT2D eigenvalue weighted by molar-refractivity contribution is -0.238. The number of cyclic esters (lactones) is 2. The van der Waals surface area contributed by atoms with E-state index < -0.39 is 59.6 Å². The fraction of sp³-hybridized carbons (Fsp3) is 0.500. The molecule has 1 aliphatic rings. The van der Waals surface area contributed by atoms with Gasteiger partial charge in [-0.25, -0.2) is 9.59 Å². The summed E-state index contributed by atoms with van der Waals surface area (Å²) in [6.07, 6.45) is -1.68. The van der Waals surface area contributed by atoms with Gasteiger partial charge in [0.2, 0.25) is 5.92 Å². The van der Waals surface area contributed by atoms with Crippen LogP contribution in [0, 0.1) is 5.92 Å². The van der Waals surface area contributed by atoms with Gasteiger partial charge in [0.1, 0.15) is 18.2 Å². The van der Waals surface area contributed by atoms with Crippen LogP contribution < -0.4 is 5.32 Å². The standard InChI is InChI=1S/C22H27NO9/c1-21(2,3)32-20(28)23-14(17(25)29-12-13-9-7-6-8-10-13)11-15(24)16-18(26)30-22(4,5)31-19(16)27/h6-10,14,16H,11-12H2,1-5H3,(H,23,28)/t14-/m0/s1. The zero-order chi connectivity index (χ0) is 24.1. The number of Topliss-reactive ketones (excluding diaryl/α,β-unsaturated/α-hetero) is 1. The number of benzene rings is 1. The first-order valence-electron chi connectivity index (χ1n) is 9.96. The van der Waals surface area contributed by atoms with Crippen molar-refractivity contribution in [1.82, 2.24) is 5.32 Å². The molecule has 174 valence electrons. The maximum absolute atomic E-state index is 12.7. The second kappa shape index (κ2) is 9.80. The van der Waals surface area contributed by atoms with Crippen molar-refractivity contribution in [3.05, 3.63) is 35.9 Å². The summed E-state index contributed by atoms with van der Waals surface area (Å²) in [5, 5.41) is 2.26. The van der Waals surface area contributed by atoms with Gasteiger partial charge < -0.3 is 24.3 Å². The highest BCUT2D eigenvalue weighted by Crippen LogP contribution is 2.25. The average Bonchev–Trinajstić information content (AvgIpc) is 2.63. The third-order valence-corrected chi connectivity index (χ3v) is 4.09. The number of ketones is 1. The van der Waals surface area contributed by atoms with E-state index in [9.17, 15) is 24.0 Å². The van der Waals surface area contributed by atoms with Crippen LogP contribution in [0.25, 0.3) is 0 Å². The SMILES string of the molecule is CC(C)(C)OC(=O)N[C@@H](CC(=O)C1C(=O)OC(C)(C)OC1=O)C(=O)OCc1ccccc1. The molecule has 1 amide bonds. The molecule has 0 unspecified atom stereocenters. The average molecular weight is 449 g/mol. The summed E-state index contributed by atoms with van der Waals surface area (Å²) in [5.74, 6) is -7.46. The molecule has 0 aliphatic carbocycles. The van der Waals surface area contributed by atoms with Gasteiger partial charge in [0, 0.05) is 20.3 Å². The van der Waals surface area contributed by atoms with Gasteiger partial charge in [-0.2, -0.15) is 0 Å². The number of esters is 3. The number of amides is 1. The van der Waals surface area contributed by atoms with Crippen LogP contribution in [-0.4, -0.2) is 47.2 Å². The molecule has 0 bridgehead atoms. The molecule has 0 aromatic heterocycles. The van der Waals surface area contributed by atoms with Crippen molar-refractivity contribution < 1.29 is 42.9 Å². The molecule has 1 N–H and O–H groups in total. The van der Waals surface area contributed by atoms with Crippen LogP contribution >= 0.6 is 0 Å². The Kier molecular flexibility index (Phi) is 7.60. The van der Waals surface area contributed by atoms with E-state index in [-0.39, 0.29) is 6.61 Å². The van der Waals surface area contributed by atoms with Gasteiger partial charge in [0.05, 0.1) is 0 Å². The van der Waals surface area contributed by atoms with E-state index in [1.807, 2.05) is 0 Å². The summed E-state index contributed by atoms with van der Waals surface area (Å²) >= 11 is 0. The van der Waals surface area contributed by atoms with E-state index in [0.717, 1.165) is 0 Å². The minimum atomic E-state index is -1.87. The molecule has 1 aromatic rings. The lowest BCUT2D eigenvalue weighted by atomic mass is 9.97. The predicted molar refractivity (Wildman–Crippen MR) is 109 cm³/mol. The summed E-state index contributed by atoms with van der Waals surface area (Å²) in [6, 6.07) is 7.25. The number of ether oxygens (including phenoxy) is 4. The Bertz CT molecular complexity index is 866. The summed E-state index contributed by atoms with van der Waals surface area (Å²) in [7, 11) is 0. The van der Waals surface area contributed by atoms with Crippen molar-refractivity contribution in [3.8, 4) is 0 Å². The first-order chi connectivity index (χ1) is 14.8. The zero-order valence-corrected chi connectivity index (χ0v) is 18.6. The Morgan fingerprint density at radius 2 is 1.62 bits per heavy atom. The van der Waals surface area contributed by atoms with E-state index >= 15 is 0 Å². The summed E-state index contributed by atoms with van der Waals surface area (Å²) in [5.41, 5.74) is -0.181. The topological polar surface area (TPSA) is 134 Å². The van der Waals surface area contributed by atoms with Crippen molar-refractivity contribution in [2.45, 2.75) is 65.1 Å². The van der Waals surface area contributed by atoms with E-state index in [1.165, 1.54) is 13.8 Å². The highest BCUT2D eigenvalue weighted by atomic mass is 16.7. The Hall–Kier alpha value is -3.43. The lowest BCUT2D eigenvalue weighted by Crippen LogP contribution is -2.51. The second-order valence-electron chi connectivity index (χ2n) is 8.64. The van der Waals surface area contributed by atoms with E-state index in [1.54, 1.807) is 51.1 Å². The van der Waals surface area contributed by atoms with Gasteiger partial charge in [-0.05, 0) is 26.3 Å². The molecule has 0 radical (unpaired) electrons. The monoisotopic (exact) mass is 449 g/mol. The molecule has 1 aliphatic heterocycles. The number of rotatable bonds is 7. The number of hydrogen-bond donors (Lipinski definition) is 1. The lowest BCUT2D eigenvalue weighted by Gasteiger charge is -2.32. The third kappa shape index (κ3) is 7.36. The van der Waals surface area contributed by atoms with Crippen LogP contribution in [0.5, 0.6) is 0 Å². The fourth-order valence-electron chi connectivity index (χ4n) is 2.77. The number of carbonyl (C=O) groups excluding carboxylic acids is 5. The molecule has 2 rings (SSSR count). The van der Waals surface area contributed by atoms with Gasteiger partial charge >= 0.3 is 24.0 Å². The Morgan fingerprint density at radius 1 is 1.06 bits per heavy atom. The first kappa shape index (κ1) is 24.8. The molecule has 0 saturated carbocycles. The largest absolute Gasteiger partial charge is 0.459 e. The summed E-state index contributed by atoms with van der Waals surface area (Å²) in [6.45, 7) is 7.44. The van der Waals surface area contributed by atoms with Gasteiger partial charge in [-0.1, -0.05) is 30.3 Å². The quantitative estimate of drug-likeness (QED) is 0.377. The molecule has 1 saturated heterocycles. The molecule has 1 atom stereocenters. The Labute approximate surface area is 185 Å². The van der Waals surface area contributed by atoms with Crippen molar-refractivity contribution >= 4 is 29.8 Å². The van der Waals surface area contributed by atoms with Crippen LogP contribution in [-0.2, 0) is 44.7 Å². The minimum Gasteiger partial charge on any atom is -0.459 e. The Morgan fingerprint density at radius 3 is 2.16 bits per heavy atom. The van der Waals surface area contributed by atoms with E-state index in [2.05, 4.69) is 5.32 Å². The van der Waals surface area contributed by atoms with Gasteiger partial charge in [-0.3, -0.25) is 14.4 Å². The van der Waals surface area contributed by atoms with Crippen LogP contribution in [0.2, 0.25) is 0 Å². The molecule has 32 heavy (non-hydrogen) atoms. The highest BCUT2D eigenvalue weighted by Gasteiger charge is 2.48. The molecule has 1 heterocycles. The van der Waals surface area contributed by atoms with Crippen LogP contribution in [0.15, 0.2) is 30.3 Å². The molecular formula is C22H27NO9. The normalized spacial score (nSPS) is 16.9. The molecule has 1 fully saturated rings. The van der Waals surface area contributed by atoms with Crippen LogP contribution in [0.3, 0.4) is 0 Å². The number of nitrogens with one attached hydrogen (secondary N) is 1. The molecule has 1 aromatic carbocycles. The summed E-state index contributed by atoms with van der Waals surface area (Å²) in [4.78, 5) is 61.8. The van der Waals surface area contributed by atoms with Crippen molar-refractivity contribution in [1.29, 1.82) is 0 Å². The minimum absolute atomic E-state index is 0.109.